The summed E-state index contributed by atoms with van der Waals surface area (Å²) in [5.41, 5.74) is 1.85. The van der Waals surface area contributed by atoms with Crippen molar-refractivity contribution in [2.45, 2.75) is 32.6 Å². The van der Waals surface area contributed by atoms with Gasteiger partial charge in [0.1, 0.15) is 16.7 Å². The Morgan fingerprint density at radius 1 is 1.26 bits per heavy atom. The van der Waals surface area contributed by atoms with Crippen molar-refractivity contribution < 1.29 is 9.53 Å². The van der Waals surface area contributed by atoms with Crippen LogP contribution in [0.25, 0.3) is 11.1 Å². The minimum atomic E-state index is -0.359. The van der Waals surface area contributed by atoms with Crippen LogP contribution < -0.4 is 4.74 Å². The van der Waals surface area contributed by atoms with E-state index >= 15 is 0 Å². The topological polar surface area (TPSA) is 50.1 Å². The number of nitriles is 1. The van der Waals surface area contributed by atoms with Gasteiger partial charge in [-0.2, -0.15) is 5.26 Å². The molecule has 3 nitrogen and oxygen atoms in total. The van der Waals surface area contributed by atoms with E-state index in [9.17, 15) is 4.79 Å². The first kappa shape index (κ1) is 17.0. The monoisotopic (exact) mass is 325 g/mol. The Hall–Kier alpha value is -2.38. The van der Waals surface area contributed by atoms with Gasteiger partial charge in [-0.1, -0.05) is 38.0 Å². The molecule has 0 radical (unpaired) electrons. The molecule has 0 N–H and O–H groups in total. The Kier molecular flexibility index (Phi) is 6.58. The first-order chi connectivity index (χ1) is 11.2. The molecule has 1 heterocycles. The van der Waals surface area contributed by atoms with Gasteiger partial charge in [-0.15, -0.1) is 11.3 Å². The zero-order valence-electron chi connectivity index (χ0n) is 13.1. The number of carbonyl (C=O) groups excluding carboxylic acids is 1. The third kappa shape index (κ3) is 5.08. The summed E-state index contributed by atoms with van der Waals surface area (Å²) >= 11 is 1.42. The van der Waals surface area contributed by atoms with Gasteiger partial charge >= 0.3 is 5.97 Å². The zero-order chi connectivity index (χ0) is 16.5. The molecule has 23 heavy (non-hydrogen) atoms. The Labute approximate surface area is 140 Å². The zero-order valence-corrected chi connectivity index (χ0v) is 13.9. The summed E-state index contributed by atoms with van der Waals surface area (Å²) in [6, 6.07) is 11.3. The molecule has 0 aliphatic rings. The van der Waals surface area contributed by atoms with Crippen molar-refractivity contribution in [3.63, 3.8) is 0 Å². The lowest BCUT2D eigenvalue weighted by Crippen LogP contribution is -2.03. The molecule has 1 aromatic carbocycles. The molecule has 0 unspecified atom stereocenters. The van der Waals surface area contributed by atoms with Crippen molar-refractivity contribution in [2.24, 2.45) is 0 Å². The molecule has 0 saturated carbocycles. The lowest BCUT2D eigenvalue weighted by Gasteiger charge is -2.03. The summed E-state index contributed by atoms with van der Waals surface area (Å²) in [6.07, 6.45) is 7.68. The predicted octanol–water partition coefficient (Wildman–Crippen LogP) is 5.33. The smallest absolute Gasteiger partial charge is 0.335 e. The molecule has 4 heteroatoms. The van der Waals surface area contributed by atoms with Crippen LogP contribution in [0.5, 0.6) is 5.75 Å². The van der Waals surface area contributed by atoms with Gasteiger partial charge in [-0.25, -0.2) is 4.79 Å². The van der Waals surface area contributed by atoms with E-state index in [0.29, 0.717) is 10.6 Å². The average Bonchev–Trinajstić information content (AvgIpc) is 3.04. The first-order valence-electron chi connectivity index (χ1n) is 7.71. The first-order valence-corrected chi connectivity index (χ1v) is 8.59. The minimum absolute atomic E-state index is 0.359. The van der Waals surface area contributed by atoms with Crippen molar-refractivity contribution in [1.29, 1.82) is 5.26 Å². The van der Waals surface area contributed by atoms with Crippen LogP contribution in [-0.2, 0) is 4.79 Å². The predicted molar refractivity (Wildman–Crippen MR) is 93.4 cm³/mol. The maximum absolute atomic E-state index is 11.7. The Morgan fingerprint density at radius 2 is 2.04 bits per heavy atom. The summed E-state index contributed by atoms with van der Waals surface area (Å²) in [7, 11) is 0. The molecule has 0 atom stereocenters. The maximum atomic E-state index is 11.7. The summed E-state index contributed by atoms with van der Waals surface area (Å²) in [4.78, 5) is 12.4. The Bertz CT molecular complexity index is 708. The van der Waals surface area contributed by atoms with E-state index < -0.39 is 0 Å². The van der Waals surface area contributed by atoms with Crippen molar-refractivity contribution >= 4 is 17.3 Å². The Morgan fingerprint density at radius 3 is 2.74 bits per heavy atom. The Balaban J connectivity index is 1.93. The largest absolute Gasteiger partial charge is 0.423 e. The molecular formula is C19H19NO2S. The van der Waals surface area contributed by atoms with Crippen LogP contribution in [0.4, 0.5) is 0 Å². The molecule has 0 bridgehead atoms. The number of unbranched alkanes of at least 4 members (excludes halogenated alkanes) is 3. The molecule has 0 amide bonds. The van der Waals surface area contributed by atoms with Gasteiger partial charge in [0.05, 0.1) is 0 Å². The number of nitrogens with zero attached hydrogens (tertiary/aromatic N) is 1. The van der Waals surface area contributed by atoms with Gasteiger partial charge in [0.15, 0.2) is 0 Å². The van der Waals surface area contributed by atoms with Gasteiger partial charge in [-0.3, -0.25) is 0 Å². The fourth-order valence-corrected chi connectivity index (χ4v) is 2.87. The number of allylic oxidation sites excluding steroid dienone is 1. The van der Waals surface area contributed by atoms with Crippen LogP contribution in [0.15, 0.2) is 47.9 Å². The third-order valence-corrected chi connectivity index (χ3v) is 4.20. The molecule has 0 spiro atoms. The molecule has 2 aromatic rings. The highest BCUT2D eigenvalue weighted by Crippen LogP contribution is 2.28. The van der Waals surface area contributed by atoms with Gasteiger partial charge in [0.25, 0.3) is 0 Å². The highest BCUT2D eigenvalue weighted by Gasteiger charge is 2.07. The van der Waals surface area contributed by atoms with Crippen molar-refractivity contribution in [3.8, 4) is 22.9 Å². The summed E-state index contributed by atoms with van der Waals surface area (Å²) in [6.45, 7) is 2.15. The average molecular weight is 325 g/mol. The maximum Gasteiger partial charge on any atom is 0.335 e. The quantitative estimate of drug-likeness (QED) is 0.299. The van der Waals surface area contributed by atoms with E-state index in [4.69, 9.17) is 10.00 Å². The van der Waals surface area contributed by atoms with Crippen LogP contribution in [0.3, 0.4) is 0 Å². The molecule has 0 fully saturated rings. The molecule has 0 saturated heterocycles. The second-order valence-corrected chi connectivity index (χ2v) is 6.03. The van der Waals surface area contributed by atoms with Gasteiger partial charge in [0, 0.05) is 11.6 Å². The highest BCUT2D eigenvalue weighted by molar-refractivity contribution is 7.11. The number of esters is 1. The van der Waals surface area contributed by atoms with Gasteiger partial charge in [0.2, 0.25) is 0 Å². The van der Waals surface area contributed by atoms with E-state index in [2.05, 4.69) is 13.0 Å². The number of ether oxygens (including phenoxy) is 1. The standard InChI is InChI=1S/C19H19NO2S/c1-2-3-4-5-6-7-19(21)22-16-10-8-15(9-11-16)17-12-13-23-18(17)14-20/h6-13H,2-5H2,1H3. The van der Waals surface area contributed by atoms with Crippen LogP contribution in [0.2, 0.25) is 0 Å². The number of carbonyl (C=O) groups is 1. The van der Waals surface area contributed by atoms with E-state index in [1.807, 2.05) is 29.7 Å². The highest BCUT2D eigenvalue weighted by atomic mass is 32.1. The lowest BCUT2D eigenvalue weighted by molar-refractivity contribution is -0.129. The fraction of sp³-hybridized carbons (Fsp3) is 0.263. The third-order valence-electron chi connectivity index (χ3n) is 3.38. The summed E-state index contributed by atoms with van der Waals surface area (Å²) in [5, 5.41) is 11.0. The van der Waals surface area contributed by atoms with Crippen LogP contribution in [0.1, 0.15) is 37.5 Å². The SMILES string of the molecule is CCCCCC=CC(=O)Oc1ccc(-c2ccsc2C#N)cc1. The fourth-order valence-electron chi connectivity index (χ4n) is 2.17. The van der Waals surface area contributed by atoms with E-state index in [1.54, 1.807) is 12.1 Å². The molecule has 0 aliphatic heterocycles. The van der Waals surface area contributed by atoms with E-state index in [1.165, 1.54) is 30.3 Å². The number of hydrogen-bond donors (Lipinski definition) is 0. The molecular weight excluding hydrogens is 306 g/mol. The van der Waals surface area contributed by atoms with E-state index in [0.717, 1.165) is 24.0 Å². The van der Waals surface area contributed by atoms with Crippen LogP contribution >= 0.6 is 11.3 Å². The van der Waals surface area contributed by atoms with Crippen molar-refractivity contribution in [1.82, 2.24) is 0 Å². The number of benzene rings is 1. The number of hydrogen-bond acceptors (Lipinski definition) is 4. The minimum Gasteiger partial charge on any atom is -0.423 e. The van der Waals surface area contributed by atoms with Crippen molar-refractivity contribution in [2.75, 3.05) is 0 Å². The second kappa shape index (κ2) is 8.92. The molecule has 2 rings (SSSR count). The second-order valence-electron chi connectivity index (χ2n) is 5.12. The van der Waals surface area contributed by atoms with Crippen LogP contribution in [-0.4, -0.2) is 5.97 Å². The van der Waals surface area contributed by atoms with Gasteiger partial charge in [-0.05, 0) is 42.0 Å². The summed E-state index contributed by atoms with van der Waals surface area (Å²) < 4.78 is 5.26. The van der Waals surface area contributed by atoms with Gasteiger partial charge < -0.3 is 4.74 Å². The molecule has 118 valence electrons. The normalized spacial score (nSPS) is 10.6. The number of rotatable bonds is 7. The van der Waals surface area contributed by atoms with Crippen LogP contribution in [0, 0.1) is 11.3 Å². The molecule has 1 aromatic heterocycles. The number of thiophene rings is 1. The summed E-state index contributed by atoms with van der Waals surface area (Å²) in [5.74, 6) is 0.146. The molecule has 0 aliphatic carbocycles. The lowest BCUT2D eigenvalue weighted by atomic mass is 10.1. The van der Waals surface area contributed by atoms with Crippen molar-refractivity contribution in [3.05, 3.63) is 52.7 Å². The van der Waals surface area contributed by atoms with E-state index in [-0.39, 0.29) is 5.97 Å².